The van der Waals surface area contributed by atoms with Crippen LogP contribution in [0.2, 0.25) is 0 Å². The molecule has 0 amide bonds. The van der Waals surface area contributed by atoms with E-state index in [0.29, 0.717) is 11.6 Å². The van der Waals surface area contributed by atoms with Crippen molar-refractivity contribution in [1.82, 2.24) is 4.98 Å². The van der Waals surface area contributed by atoms with Gasteiger partial charge < -0.3 is 18.6 Å². The lowest BCUT2D eigenvalue weighted by Crippen LogP contribution is -2.18. The van der Waals surface area contributed by atoms with Gasteiger partial charge in [-0.05, 0) is 20.8 Å². The molecule has 0 saturated carbocycles. The van der Waals surface area contributed by atoms with Crippen LogP contribution in [0.3, 0.4) is 0 Å². The van der Waals surface area contributed by atoms with Crippen LogP contribution < -0.4 is 0 Å². The zero-order valence-electron chi connectivity index (χ0n) is 11.4. The predicted molar refractivity (Wildman–Crippen MR) is 63.1 cm³/mol. The SMILES string of the molecule is COCc1nc(COC(C)(C)C)oc1C(=O)OC. The number of rotatable bonds is 5. The smallest absolute Gasteiger partial charge is 0.376 e. The van der Waals surface area contributed by atoms with Crippen molar-refractivity contribution in [1.29, 1.82) is 0 Å². The van der Waals surface area contributed by atoms with Crippen LogP contribution in [-0.2, 0) is 27.4 Å². The standard InChI is InChI=1S/C12H19NO5/c1-12(2,3)17-7-9-13-8(6-15-4)10(18-9)11(14)16-5/h6-7H2,1-5H3. The third-order valence-electron chi connectivity index (χ3n) is 2.02. The first-order valence-corrected chi connectivity index (χ1v) is 5.57. The second-order valence-corrected chi connectivity index (χ2v) is 4.71. The molecule has 18 heavy (non-hydrogen) atoms. The van der Waals surface area contributed by atoms with Crippen LogP contribution in [0, 0.1) is 0 Å². The quantitative estimate of drug-likeness (QED) is 0.750. The molecule has 0 aliphatic carbocycles. The highest BCUT2D eigenvalue weighted by Crippen LogP contribution is 2.17. The summed E-state index contributed by atoms with van der Waals surface area (Å²) in [6.07, 6.45) is 0. The van der Waals surface area contributed by atoms with Gasteiger partial charge in [0.25, 0.3) is 0 Å². The minimum absolute atomic E-state index is 0.0619. The van der Waals surface area contributed by atoms with Crippen molar-refractivity contribution in [2.45, 2.75) is 39.6 Å². The molecule has 0 aromatic carbocycles. The number of aromatic nitrogens is 1. The zero-order chi connectivity index (χ0) is 13.8. The lowest BCUT2D eigenvalue weighted by atomic mass is 10.2. The Kier molecular flexibility index (Phi) is 4.86. The molecule has 1 rings (SSSR count). The largest absolute Gasteiger partial charge is 0.463 e. The molecule has 1 aromatic heterocycles. The van der Waals surface area contributed by atoms with Crippen molar-refractivity contribution in [2.24, 2.45) is 0 Å². The lowest BCUT2D eigenvalue weighted by molar-refractivity contribution is -0.0247. The number of hydrogen-bond acceptors (Lipinski definition) is 6. The van der Waals surface area contributed by atoms with Gasteiger partial charge in [-0.25, -0.2) is 9.78 Å². The molecule has 102 valence electrons. The maximum absolute atomic E-state index is 11.5. The van der Waals surface area contributed by atoms with Gasteiger partial charge in [0, 0.05) is 7.11 Å². The summed E-state index contributed by atoms with van der Waals surface area (Å²) in [4.78, 5) is 15.6. The first kappa shape index (κ1) is 14.7. The Morgan fingerprint density at radius 3 is 2.44 bits per heavy atom. The number of carbonyl (C=O) groups excluding carboxylic acids is 1. The number of nitrogens with zero attached hydrogens (tertiary/aromatic N) is 1. The molecule has 0 bridgehead atoms. The fourth-order valence-corrected chi connectivity index (χ4v) is 1.23. The van der Waals surface area contributed by atoms with Crippen molar-refractivity contribution in [2.75, 3.05) is 14.2 Å². The van der Waals surface area contributed by atoms with E-state index >= 15 is 0 Å². The van der Waals surface area contributed by atoms with E-state index in [1.54, 1.807) is 0 Å². The van der Waals surface area contributed by atoms with E-state index in [1.165, 1.54) is 14.2 Å². The summed E-state index contributed by atoms with van der Waals surface area (Å²) in [7, 11) is 2.80. The lowest BCUT2D eigenvalue weighted by Gasteiger charge is -2.17. The average Bonchev–Trinajstić information content (AvgIpc) is 2.68. The third-order valence-corrected chi connectivity index (χ3v) is 2.02. The minimum atomic E-state index is -0.573. The Morgan fingerprint density at radius 1 is 1.28 bits per heavy atom. The summed E-state index contributed by atoms with van der Waals surface area (Å²) in [5.74, 6) is -0.180. The summed E-state index contributed by atoms with van der Waals surface area (Å²) in [5.41, 5.74) is 0.110. The van der Waals surface area contributed by atoms with Gasteiger partial charge in [-0.2, -0.15) is 0 Å². The van der Waals surface area contributed by atoms with E-state index in [4.69, 9.17) is 13.9 Å². The van der Waals surface area contributed by atoms with Crippen molar-refractivity contribution in [3.8, 4) is 0 Å². The molecule has 0 atom stereocenters. The van der Waals surface area contributed by atoms with Gasteiger partial charge in [-0.1, -0.05) is 0 Å². The minimum Gasteiger partial charge on any atom is -0.463 e. The number of carbonyl (C=O) groups is 1. The first-order valence-electron chi connectivity index (χ1n) is 5.57. The van der Waals surface area contributed by atoms with Crippen LogP contribution >= 0.6 is 0 Å². The molecule has 6 heteroatoms. The first-order chi connectivity index (χ1) is 8.37. The van der Waals surface area contributed by atoms with Crippen molar-refractivity contribution >= 4 is 5.97 Å². The number of methoxy groups -OCH3 is 2. The van der Waals surface area contributed by atoms with Crippen LogP contribution in [-0.4, -0.2) is 30.8 Å². The highest BCUT2D eigenvalue weighted by atomic mass is 16.5. The maximum atomic E-state index is 11.5. The summed E-state index contributed by atoms with van der Waals surface area (Å²) in [6, 6.07) is 0. The average molecular weight is 257 g/mol. The van der Waals surface area contributed by atoms with E-state index in [2.05, 4.69) is 9.72 Å². The highest BCUT2D eigenvalue weighted by Gasteiger charge is 2.22. The molecular weight excluding hydrogens is 238 g/mol. The normalized spacial score (nSPS) is 11.6. The van der Waals surface area contributed by atoms with Gasteiger partial charge in [0.05, 0.1) is 19.3 Å². The van der Waals surface area contributed by atoms with Gasteiger partial charge in [0.2, 0.25) is 11.7 Å². The number of esters is 1. The fourth-order valence-electron chi connectivity index (χ4n) is 1.23. The summed E-state index contributed by atoms with van der Waals surface area (Å²) >= 11 is 0. The Hall–Kier alpha value is -1.40. The van der Waals surface area contributed by atoms with Crippen LogP contribution in [0.1, 0.15) is 42.9 Å². The Labute approximate surface area is 106 Å². The number of oxazole rings is 1. The molecule has 0 aliphatic heterocycles. The van der Waals surface area contributed by atoms with Gasteiger partial charge >= 0.3 is 5.97 Å². The molecule has 0 fully saturated rings. The third kappa shape index (κ3) is 4.12. The van der Waals surface area contributed by atoms with Gasteiger partial charge in [-0.15, -0.1) is 0 Å². The molecule has 0 N–H and O–H groups in total. The van der Waals surface area contributed by atoms with Gasteiger partial charge in [0.15, 0.2) is 0 Å². The van der Waals surface area contributed by atoms with Crippen LogP contribution in [0.15, 0.2) is 4.42 Å². The van der Waals surface area contributed by atoms with E-state index in [-0.39, 0.29) is 24.6 Å². The van der Waals surface area contributed by atoms with Crippen LogP contribution in [0.5, 0.6) is 0 Å². The van der Waals surface area contributed by atoms with Crippen LogP contribution in [0.4, 0.5) is 0 Å². The molecule has 6 nitrogen and oxygen atoms in total. The fraction of sp³-hybridized carbons (Fsp3) is 0.667. The predicted octanol–water partition coefficient (Wildman–Crippen LogP) is 1.92. The molecule has 0 saturated heterocycles. The molecular formula is C12H19NO5. The highest BCUT2D eigenvalue weighted by molar-refractivity contribution is 5.87. The van der Waals surface area contributed by atoms with E-state index in [9.17, 15) is 4.79 Å². The summed E-state index contributed by atoms with van der Waals surface area (Å²) < 4.78 is 20.4. The van der Waals surface area contributed by atoms with Crippen molar-refractivity contribution in [3.63, 3.8) is 0 Å². The summed E-state index contributed by atoms with van der Waals surface area (Å²) in [5, 5.41) is 0. The second-order valence-electron chi connectivity index (χ2n) is 4.71. The second kappa shape index (κ2) is 5.97. The zero-order valence-corrected chi connectivity index (χ0v) is 11.4. The molecule has 0 spiro atoms. The van der Waals surface area contributed by atoms with Gasteiger partial charge in [0.1, 0.15) is 12.3 Å². The van der Waals surface area contributed by atoms with Crippen molar-refractivity contribution < 1.29 is 23.4 Å². The number of ether oxygens (including phenoxy) is 3. The van der Waals surface area contributed by atoms with Crippen LogP contribution in [0.25, 0.3) is 0 Å². The molecule has 1 aromatic rings. The molecule has 0 aliphatic rings. The Balaban J connectivity index is 2.85. The van der Waals surface area contributed by atoms with Gasteiger partial charge in [-0.3, -0.25) is 0 Å². The van der Waals surface area contributed by atoms with E-state index in [0.717, 1.165) is 0 Å². The maximum Gasteiger partial charge on any atom is 0.376 e. The Morgan fingerprint density at radius 2 is 1.94 bits per heavy atom. The topological polar surface area (TPSA) is 70.8 Å². The van der Waals surface area contributed by atoms with E-state index < -0.39 is 5.97 Å². The van der Waals surface area contributed by atoms with Crippen molar-refractivity contribution in [3.05, 3.63) is 17.3 Å². The Bertz CT molecular complexity index is 405. The number of hydrogen-bond donors (Lipinski definition) is 0. The van der Waals surface area contributed by atoms with E-state index in [1.807, 2.05) is 20.8 Å². The molecule has 0 radical (unpaired) electrons. The monoisotopic (exact) mass is 257 g/mol. The summed E-state index contributed by atoms with van der Waals surface area (Å²) in [6.45, 7) is 6.15. The molecule has 1 heterocycles. The molecule has 0 unspecified atom stereocenters.